The van der Waals surface area contributed by atoms with Crippen LogP contribution in [0.5, 0.6) is 11.6 Å². The Hall–Kier alpha value is -3.03. The van der Waals surface area contributed by atoms with Gasteiger partial charge in [-0.25, -0.2) is 4.98 Å². The second kappa shape index (κ2) is 9.95. The second-order valence-corrected chi connectivity index (χ2v) is 7.47. The first-order valence-corrected chi connectivity index (χ1v) is 10.2. The molecular formula is C21H18ClN3O3S. The van der Waals surface area contributed by atoms with Crippen LogP contribution < -0.4 is 15.8 Å². The molecule has 0 aliphatic rings. The van der Waals surface area contributed by atoms with E-state index in [-0.39, 0.29) is 5.91 Å². The highest BCUT2D eigenvalue weighted by molar-refractivity contribution is 7.99. The van der Waals surface area contributed by atoms with E-state index in [4.69, 9.17) is 22.1 Å². The zero-order valence-corrected chi connectivity index (χ0v) is 16.9. The third-order valence-corrected chi connectivity index (χ3v) is 5.03. The molecule has 0 aliphatic heterocycles. The number of carbonyl (C=O) groups is 2. The molecule has 0 spiro atoms. The van der Waals surface area contributed by atoms with E-state index in [0.29, 0.717) is 33.7 Å². The lowest BCUT2D eigenvalue weighted by Gasteiger charge is -2.08. The summed E-state index contributed by atoms with van der Waals surface area (Å²) in [6.07, 6.45) is 1.51. The SMILES string of the molecule is NC(=O)c1cccc(Oc2ccc(NC(=O)CSCc3ccc(Cl)cc3)cn2)c1. The lowest BCUT2D eigenvalue weighted by Crippen LogP contribution is -2.14. The van der Waals surface area contributed by atoms with Crippen LogP contribution in [0.25, 0.3) is 0 Å². The number of anilines is 1. The minimum atomic E-state index is -0.532. The van der Waals surface area contributed by atoms with Gasteiger partial charge >= 0.3 is 0 Å². The normalized spacial score (nSPS) is 10.4. The molecule has 0 unspecified atom stereocenters. The van der Waals surface area contributed by atoms with Gasteiger partial charge in [0.2, 0.25) is 17.7 Å². The van der Waals surface area contributed by atoms with Crippen molar-refractivity contribution in [1.82, 2.24) is 4.98 Å². The van der Waals surface area contributed by atoms with Crippen molar-refractivity contribution in [2.75, 3.05) is 11.1 Å². The quantitative estimate of drug-likeness (QED) is 0.552. The predicted octanol–water partition coefficient (Wildman–Crippen LogP) is 4.50. The summed E-state index contributed by atoms with van der Waals surface area (Å²) in [4.78, 5) is 27.5. The number of hydrogen-bond donors (Lipinski definition) is 2. The van der Waals surface area contributed by atoms with E-state index in [1.54, 1.807) is 30.3 Å². The monoisotopic (exact) mass is 427 g/mol. The van der Waals surface area contributed by atoms with Crippen LogP contribution in [0.15, 0.2) is 66.9 Å². The topological polar surface area (TPSA) is 94.3 Å². The molecule has 2 amide bonds. The number of thioether (sulfide) groups is 1. The summed E-state index contributed by atoms with van der Waals surface area (Å²) in [6.45, 7) is 0. The number of nitrogens with one attached hydrogen (secondary N) is 1. The molecule has 148 valence electrons. The Morgan fingerprint density at radius 1 is 1.10 bits per heavy atom. The number of ether oxygens (including phenoxy) is 1. The summed E-state index contributed by atoms with van der Waals surface area (Å²) in [6, 6.07) is 17.4. The minimum Gasteiger partial charge on any atom is -0.439 e. The fourth-order valence-corrected chi connectivity index (χ4v) is 3.30. The van der Waals surface area contributed by atoms with Crippen LogP contribution in [0.3, 0.4) is 0 Å². The van der Waals surface area contributed by atoms with Crippen molar-refractivity contribution in [3.05, 3.63) is 83.0 Å². The number of benzene rings is 2. The van der Waals surface area contributed by atoms with Gasteiger partial charge in [-0.2, -0.15) is 0 Å². The minimum absolute atomic E-state index is 0.117. The third kappa shape index (κ3) is 6.51. The molecular weight excluding hydrogens is 410 g/mol. The van der Waals surface area contributed by atoms with Gasteiger partial charge in [0.25, 0.3) is 0 Å². The standard InChI is InChI=1S/C21H18ClN3O3S/c22-16-6-4-14(5-7-16)12-29-13-19(26)25-17-8-9-20(24-11-17)28-18-3-1-2-15(10-18)21(23)27/h1-11H,12-13H2,(H2,23,27)(H,25,26). The molecule has 0 saturated carbocycles. The van der Waals surface area contributed by atoms with Crippen molar-refractivity contribution in [3.63, 3.8) is 0 Å². The Kier molecular flexibility index (Phi) is 7.10. The molecule has 6 nitrogen and oxygen atoms in total. The van der Waals surface area contributed by atoms with Crippen LogP contribution >= 0.6 is 23.4 Å². The summed E-state index contributed by atoms with van der Waals surface area (Å²) in [5, 5.41) is 3.48. The van der Waals surface area contributed by atoms with Crippen LogP contribution in [-0.2, 0) is 10.5 Å². The number of carbonyl (C=O) groups excluding carboxylic acids is 2. The van der Waals surface area contributed by atoms with Crippen LogP contribution in [0, 0.1) is 0 Å². The maximum atomic E-state index is 12.1. The first-order valence-electron chi connectivity index (χ1n) is 8.65. The van der Waals surface area contributed by atoms with Gasteiger partial charge in [0.1, 0.15) is 5.75 Å². The average Bonchev–Trinajstić information content (AvgIpc) is 2.71. The van der Waals surface area contributed by atoms with E-state index in [1.807, 2.05) is 24.3 Å². The van der Waals surface area contributed by atoms with Gasteiger partial charge in [0, 0.05) is 22.4 Å². The summed E-state index contributed by atoms with van der Waals surface area (Å²) in [5.41, 5.74) is 7.29. The number of nitrogens with zero attached hydrogens (tertiary/aromatic N) is 1. The zero-order chi connectivity index (χ0) is 20.6. The summed E-state index contributed by atoms with van der Waals surface area (Å²) < 4.78 is 5.61. The molecule has 0 radical (unpaired) electrons. The van der Waals surface area contributed by atoms with Gasteiger partial charge in [-0.3, -0.25) is 9.59 Å². The van der Waals surface area contributed by atoms with Gasteiger partial charge in [-0.15, -0.1) is 11.8 Å². The first kappa shape index (κ1) is 20.7. The number of hydrogen-bond acceptors (Lipinski definition) is 5. The lowest BCUT2D eigenvalue weighted by molar-refractivity contribution is -0.113. The highest BCUT2D eigenvalue weighted by Gasteiger charge is 2.06. The van der Waals surface area contributed by atoms with E-state index in [0.717, 1.165) is 11.3 Å². The van der Waals surface area contributed by atoms with Crippen molar-refractivity contribution >= 4 is 40.9 Å². The van der Waals surface area contributed by atoms with Crippen LogP contribution in [0.4, 0.5) is 5.69 Å². The van der Waals surface area contributed by atoms with E-state index >= 15 is 0 Å². The van der Waals surface area contributed by atoms with Crippen molar-refractivity contribution in [2.45, 2.75) is 5.75 Å². The molecule has 0 saturated heterocycles. The average molecular weight is 428 g/mol. The van der Waals surface area contributed by atoms with Crippen molar-refractivity contribution in [1.29, 1.82) is 0 Å². The van der Waals surface area contributed by atoms with Crippen molar-refractivity contribution in [2.24, 2.45) is 5.73 Å². The van der Waals surface area contributed by atoms with E-state index in [9.17, 15) is 9.59 Å². The predicted molar refractivity (Wildman–Crippen MR) is 116 cm³/mol. The van der Waals surface area contributed by atoms with E-state index < -0.39 is 5.91 Å². The van der Waals surface area contributed by atoms with Gasteiger partial charge in [0.15, 0.2) is 0 Å². The summed E-state index contributed by atoms with van der Waals surface area (Å²) >= 11 is 7.37. The highest BCUT2D eigenvalue weighted by Crippen LogP contribution is 2.22. The Balaban J connectivity index is 1.48. The third-order valence-electron chi connectivity index (χ3n) is 3.78. The second-order valence-electron chi connectivity index (χ2n) is 6.05. The maximum Gasteiger partial charge on any atom is 0.248 e. The zero-order valence-electron chi connectivity index (χ0n) is 15.3. The molecule has 29 heavy (non-hydrogen) atoms. The molecule has 0 fully saturated rings. The lowest BCUT2D eigenvalue weighted by atomic mass is 10.2. The number of pyridine rings is 1. The number of halogens is 1. The molecule has 0 aliphatic carbocycles. The van der Waals surface area contributed by atoms with Gasteiger partial charge in [-0.1, -0.05) is 29.8 Å². The molecule has 1 aromatic heterocycles. The molecule has 8 heteroatoms. The number of primary amides is 1. The fourth-order valence-electron chi connectivity index (χ4n) is 2.39. The van der Waals surface area contributed by atoms with Gasteiger partial charge in [0.05, 0.1) is 17.6 Å². The largest absolute Gasteiger partial charge is 0.439 e. The molecule has 3 rings (SSSR count). The van der Waals surface area contributed by atoms with Crippen LogP contribution in [0.1, 0.15) is 15.9 Å². The van der Waals surface area contributed by atoms with Crippen molar-refractivity contribution in [3.8, 4) is 11.6 Å². The van der Waals surface area contributed by atoms with Crippen molar-refractivity contribution < 1.29 is 14.3 Å². The van der Waals surface area contributed by atoms with Crippen LogP contribution in [0.2, 0.25) is 5.02 Å². The number of amides is 2. The van der Waals surface area contributed by atoms with Gasteiger partial charge < -0.3 is 15.8 Å². The Bertz CT molecular complexity index is 995. The van der Waals surface area contributed by atoms with E-state index in [2.05, 4.69) is 10.3 Å². The molecule has 1 heterocycles. The Morgan fingerprint density at radius 3 is 2.59 bits per heavy atom. The fraction of sp³-hybridized carbons (Fsp3) is 0.0952. The number of rotatable bonds is 8. The maximum absolute atomic E-state index is 12.1. The Morgan fingerprint density at radius 2 is 1.90 bits per heavy atom. The molecule has 0 bridgehead atoms. The molecule has 0 atom stereocenters. The summed E-state index contributed by atoms with van der Waals surface area (Å²) in [7, 11) is 0. The molecule has 3 aromatic rings. The Labute approximate surface area is 177 Å². The number of aromatic nitrogens is 1. The highest BCUT2D eigenvalue weighted by atomic mass is 35.5. The molecule has 2 aromatic carbocycles. The molecule has 3 N–H and O–H groups in total. The van der Waals surface area contributed by atoms with Crippen LogP contribution in [-0.4, -0.2) is 22.6 Å². The smallest absolute Gasteiger partial charge is 0.248 e. The van der Waals surface area contributed by atoms with Gasteiger partial charge in [-0.05, 0) is 42.0 Å². The number of nitrogens with two attached hydrogens (primary N) is 1. The van der Waals surface area contributed by atoms with E-state index in [1.165, 1.54) is 24.0 Å². The first-order chi connectivity index (χ1) is 14.0. The summed E-state index contributed by atoms with van der Waals surface area (Å²) in [5.74, 6) is 1.18.